The molecule has 2 N–H and O–H groups in total. The summed E-state index contributed by atoms with van der Waals surface area (Å²) in [6.45, 7) is 2.60. The molecule has 2 aromatic carbocycles. The molecule has 0 spiro atoms. The highest BCUT2D eigenvalue weighted by atomic mass is 32.2. The second-order valence-corrected chi connectivity index (χ2v) is 7.24. The van der Waals surface area contributed by atoms with Gasteiger partial charge >= 0.3 is 0 Å². The number of benzene rings is 2. The molecular weight excluding hydrogens is 328 g/mol. The van der Waals surface area contributed by atoms with Gasteiger partial charge in [0.2, 0.25) is 0 Å². The van der Waals surface area contributed by atoms with Gasteiger partial charge in [-0.2, -0.15) is 0 Å². The van der Waals surface area contributed by atoms with Crippen LogP contribution >= 0.6 is 11.8 Å². The summed E-state index contributed by atoms with van der Waals surface area (Å²) in [7, 11) is 5.98. The Morgan fingerprint density at radius 3 is 2.48 bits per heavy atom. The molecule has 0 amide bonds. The number of nitrogens with one attached hydrogen (secondary N) is 2. The van der Waals surface area contributed by atoms with Crippen LogP contribution in [0.3, 0.4) is 0 Å². The van der Waals surface area contributed by atoms with Crippen LogP contribution in [0.4, 0.5) is 0 Å². The largest absolute Gasteiger partial charge is 0.356 e. The third kappa shape index (κ3) is 7.63. The summed E-state index contributed by atoms with van der Waals surface area (Å²) in [5.74, 6) is 1.84. The van der Waals surface area contributed by atoms with Gasteiger partial charge in [-0.3, -0.25) is 4.99 Å². The Balaban J connectivity index is 1.73. The van der Waals surface area contributed by atoms with Crippen LogP contribution in [0.15, 0.2) is 64.5 Å². The number of guanidine groups is 1. The number of rotatable bonds is 8. The summed E-state index contributed by atoms with van der Waals surface area (Å²) < 4.78 is 0. The van der Waals surface area contributed by atoms with Crippen molar-refractivity contribution in [1.29, 1.82) is 0 Å². The number of aliphatic imine (C=N–C) groups is 1. The molecule has 5 heteroatoms. The molecular formula is C20H28N4S. The molecule has 0 heterocycles. The average Bonchev–Trinajstić information content (AvgIpc) is 2.62. The first-order chi connectivity index (χ1) is 12.2. The highest BCUT2D eigenvalue weighted by molar-refractivity contribution is 7.99. The molecule has 2 aromatic rings. The van der Waals surface area contributed by atoms with Crippen molar-refractivity contribution in [3.63, 3.8) is 0 Å². The summed E-state index contributed by atoms with van der Waals surface area (Å²) in [4.78, 5) is 7.77. The summed E-state index contributed by atoms with van der Waals surface area (Å²) in [5, 5.41) is 6.75. The van der Waals surface area contributed by atoms with Gasteiger partial charge in [-0.25, -0.2) is 0 Å². The molecule has 0 aliphatic heterocycles. The number of nitrogens with zero attached hydrogens (tertiary/aromatic N) is 2. The van der Waals surface area contributed by atoms with E-state index in [-0.39, 0.29) is 0 Å². The van der Waals surface area contributed by atoms with E-state index in [0.717, 1.165) is 31.3 Å². The summed E-state index contributed by atoms with van der Waals surface area (Å²) in [6.07, 6.45) is 0. The third-order valence-corrected chi connectivity index (χ3v) is 4.59. The summed E-state index contributed by atoms with van der Waals surface area (Å²) >= 11 is 1.85. The van der Waals surface area contributed by atoms with Gasteiger partial charge in [0.15, 0.2) is 5.96 Å². The van der Waals surface area contributed by atoms with Crippen molar-refractivity contribution in [2.45, 2.75) is 18.0 Å². The monoisotopic (exact) mass is 356 g/mol. The SMILES string of the molecule is CN=C(NCCSc1ccccc1)NCc1cccc(CN(C)C)c1. The number of thioether (sulfide) groups is 1. The van der Waals surface area contributed by atoms with Gasteiger partial charge in [-0.15, -0.1) is 11.8 Å². The van der Waals surface area contributed by atoms with E-state index in [0.29, 0.717) is 0 Å². The maximum atomic E-state index is 4.30. The third-order valence-electron chi connectivity index (χ3n) is 3.58. The molecule has 0 aromatic heterocycles. The van der Waals surface area contributed by atoms with E-state index in [1.54, 1.807) is 0 Å². The lowest BCUT2D eigenvalue weighted by Gasteiger charge is -2.13. The predicted octanol–water partition coefficient (Wildman–Crippen LogP) is 3.21. The van der Waals surface area contributed by atoms with Gasteiger partial charge in [0.1, 0.15) is 0 Å². The topological polar surface area (TPSA) is 39.7 Å². The van der Waals surface area contributed by atoms with Crippen molar-refractivity contribution in [2.24, 2.45) is 4.99 Å². The van der Waals surface area contributed by atoms with Gasteiger partial charge in [0, 0.05) is 37.3 Å². The molecule has 0 atom stereocenters. The molecule has 0 aliphatic rings. The Kier molecular flexibility index (Phi) is 8.35. The fraction of sp³-hybridized carbons (Fsp3) is 0.350. The smallest absolute Gasteiger partial charge is 0.191 e. The van der Waals surface area contributed by atoms with Crippen LogP contribution in [0.1, 0.15) is 11.1 Å². The van der Waals surface area contributed by atoms with Crippen LogP contribution in [0.2, 0.25) is 0 Å². The van der Waals surface area contributed by atoms with Crippen molar-refractivity contribution in [1.82, 2.24) is 15.5 Å². The minimum atomic E-state index is 0.771. The zero-order chi connectivity index (χ0) is 17.9. The normalized spacial score (nSPS) is 11.6. The Morgan fingerprint density at radius 2 is 1.76 bits per heavy atom. The lowest BCUT2D eigenvalue weighted by atomic mass is 10.1. The second kappa shape index (κ2) is 10.8. The Bertz CT molecular complexity index is 656. The van der Waals surface area contributed by atoms with Crippen LogP contribution in [-0.4, -0.2) is 44.3 Å². The van der Waals surface area contributed by atoms with Crippen LogP contribution in [-0.2, 0) is 13.1 Å². The first-order valence-corrected chi connectivity index (χ1v) is 9.51. The van der Waals surface area contributed by atoms with Gasteiger partial charge < -0.3 is 15.5 Å². The van der Waals surface area contributed by atoms with Crippen molar-refractivity contribution in [2.75, 3.05) is 33.4 Å². The predicted molar refractivity (Wildman–Crippen MR) is 109 cm³/mol. The Hall–Kier alpha value is -1.98. The van der Waals surface area contributed by atoms with E-state index < -0.39 is 0 Å². The maximum absolute atomic E-state index is 4.30. The minimum absolute atomic E-state index is 0.771. The molecule has 0 aliphatic carbocycles. The van der Waals surface area contributed by atoms with Crippen molar-refractivity contribution >= 4 is 17.7 Å². The highest BCUT2D eigenvalue weighted by Crippen LogP contribution is 2.15. The molecule has 0 fully saturated rings. The van der Waals surface area contributed by atoms with E-state index in [1.165, 1.54) is 16.0 Å². The van der Waals surface area contributed by atoms with Gasteiger partial charge in [-0.05, 0) is 37.4 Å². The number of hydrogen-bond donors (Lipinski definition) is 2. The molecule has 4 nitrogen and oxygen atoms in total. The fourth-order valence-electron chi connectivity index (χ4n) is 2.46. The highest BCUT2D eigenvalue weighted by Gasteiger charge is 2.01. The van der Waals surface area contributed by atoms with E-state index in [9.17, 15) is 0 Å². The lowest BCUT2D eigenvalue weighted by Crippen LogP contribution is -2.37. The van der Waals surface area contributed by atoms with Gasteiger partial charge in [0.05, 0.1) is 0 Å². The van der Waals surface area contributed by atoms with Crippen molar-refractivity contribution in [3.05, 3.63) is 65.7 Å². The first kappa shape index (κ1) is 19.3. The second-order valence-electron chi connectivity index (χ2n) is 6.07. The van der Waals surface area contributed by atoms with E-state index in [1.807, 2.05) is 24.9 Å². The van der Waals surface area contributed by atoms with Crippen LogP contribution in [0.25, 0.3) is 0 Å². The lowest BCUT2D eigenvalue weighted by molar-refractivity contribution is 0.402. The fourth-order valence-corrected chi connectivity index (χ4v) is 3.25. The average molecular weight is 357 g/mol. The first-order valence-electron chi connectivity index (χ1n) is 8.52. The summed E-state index contributed by atoms with van der Waals surface area (Å²) in [6, 6.07) is 19.1. The molecule has 0 unspecified atom stereocenters. The molecule has 25 heavy (non-hydrogen) atoms. The quantitative estimate of drug-likeness (QED) is 0.330. The van der Waals surface area contributed by atoms with Crippen molar-refractivity contribution < 1.29 is 0 Å². The van der Waals surface area contributed by atoms with E-state index >= 15 is 0 Å². The molecule has 2 rings (SSSR count). The van der Waals surface area contributed by atoms with Gasteiger partial charge in [-0.1, -0.05) is 42.5 Å². The zero-order valence-electron chi connectivity index (χ0n) is 15.3. The molecule has 0 saturated heterocycles. The molecule has 134 valence electrons. The number of hydrogen-bond acceptors (Lipinski definition) is 3. The Morgan fingerprint density at radius 1 is 1.00 bits per heavy atom. The maximum Gasteiger partial charge on any atom is 0.191 e. The molecule has 0 radical (unpaired) electrons. The van der Waals surface area contributed by atoms with Crippen LogP contribution in [0.5, 0.6) is 0 Å². The summed E-state index contributed by atoms with van der Waals surface area (Å²) in [5.41, 5.74) is 2.59. The van der Waals surface area contributed by atoms with Crippen LogP contribution in [0, 0.1) is 0 Å². The molecule has 0 bridgehead atoms. The van der Waals surface area contributed by atoms with Gasteiger partial charge in [0.25, 0.3) is 0 Å². The minimum Gasteiger partial charge on any atom is -0.356 e. The van der Waals surface area contributed by atoms with E-state index in [2.05, 4.69) is 83.2 Å². The Labute approximate surface area is 155 Å². The van der Waals surface area contributed by atoms with Crippen LogP contribution < -0.4 is 10.6 Å². The molecule has 0 saturated carbocycles. The van der Waals surface area contributed by atoms with Crippen molar-refractivity contribution in [3.8, 4) is 0 Å². The van der Waals surface area contributed by atoms with E-state index in [4.69, 9.17) is 0 Å². The zero-order valence-corrected chi connectivity index (χ0v) is 16.1. The standard InChI is InChI=1S/C20H28N4S/c1-21-20(22-12-13-25-19-10-5-4-6-11-19)23-15-17-8-7-9-18(14-17)16-24(2)3/h4-11,14H,12-13,15-16H2,1-3H3,(H2,21,22,23).